The molecule has 1 aromatic heterocycles. The summed E-state index contributed by atoms with van der Waals surface area (Å²) in [4.78, 5) is 15.0. The first kappa shape index (κ1) is 11.7. The molecule has 0 radical (unpaired) electrons. The number of thiazole rings is 1. The van der Waals surface area contributed by atoms with Crippen molar-refractivity contribution < 1.29 is 13.2 Å². The van der Waals surface area contributed by atoms with Crippen molar-refractivity contribution in [1.29, 1.82) is 0 Å². The summed E-state index contributed by atoms with van der Waals surface area (Å²) in [6, 6.07) is 0. The summed E-state index contributed by atoms with van der Waals surface area (Å²) >= 11 is 1.16. The molecule has 88 valence electrons. The minimum absolute atomic E-state index is 0.131. The largest absolute Gasteiger partial charge is 0.300 e. The van der Waals surface area contributed by atoms with E-state index in [1.165, 1.54) is 10.5 Å². The van der Waals surface area contributed by atoms with Crippen LogP contribution in [0.2, 0.25) is 0 Å². The van der Waals surface area contributed by atoms with Crippen molar-refractivity contribution in [3.63, 3.8) is 0 Å². The van der Waals surface area contributed by atoms with E-state index in [9.17, 15) is 13.2 Å². The van der Waals surface area contributed by atoms with Gasteiger partial charge in [0.05, 0.1) is 11.2 Å². The minimum Gasteiger partial charge on any atom is -0.300 e. The number of sulfonamides is 1. The molecule has 2 heterocycles. The van der Waals surface area contributed by atoms with Gasteiger partial charge in [0.2, 0.25) is 0 Å². The highest BCUT2D eigenvalue weighted by Crippen LogP contribution is 2.24. The number of piperidine rings is 1. The van der Waals surface area contributed by atoms with Gasteiger partial charge in [-0.25, -0.2) is 13.4 Å². The number of hydrogen-bond acceptors (Lipinski definition) is 5. The number of ketones is 1. The zero-order valence-corrected chi connectivity index (χ0v) is 10.5. The Morgan fingerprint density at radius 3 is 2.50 bits per heavy atom. The van der Waals surface area contributed by atoms with Crippen LogP contribution in [0.4, 0.5) is 0 Å². The Bertz CT molecular complexity index is 497. The SMILES string of the molecule is Cc1ncc(S(=O)(=O)N2CCC(=O)CC2)s1. The third-order valence-electron chi connectivity index (χ3n) is 2.47. The fourth-order valence-corrected chi connectivity index (χ4v) is 4.27. The van der Waals surface area contributed by atoms with Crippen LogP contribution in [-0.2, 0) is 14.8 Å². The predicted octanol–water partition coefficient (Wildman–Crippen LogP) is 0.805. The van der Waals surface area contributed by atoms with E-state index in [0.29, 0.717) is 12.8 Å². The fourth-order valence-electron chi connectivity index (χ4n) is 1.56. The lowest BCUT2D eigenvalue weighted by Crippen LogP contribution is -2.38. The van der Waals surface area contributed by atoms with Gasteiger partial charge in [-0.05, 0) is 6.92 Å². The summed E-state index contributed by atoms with van der Waals surface area (Å²) in [6.45, 7) is 2.35. The van der Waals surface area contributed by atoms with Crippen LogP contribution in [0.15, 0.2) is 10.4 Å². The lowest BCUT2D eigenvalue weighted by molar-refractivity contribution is -0.120. The number of hydrogen-bond donors (Lipinski definition) is 0. The summed E-state index contributed by atoms with van der Waals surface area (Å²) < 4.78 is 25.8. The summed E-state index contributed by atoms with van der Waals surface area (Å²) in [5, 5.41) is 0.728. The molecule has 0 amide bonds. The van der Waals surface area contributed by atoms with Gasteiger partial charge in [-0.1, -0.05) is 0 Å². The van der Waals surface area contributed by atoms with E-state index >= 15 is 0 Å². The fraction of sp³-hybridized carbons (Fsp3) is 0.556. The van der Waals surface area contributed by atoms with Gasteiger partial charge < -0.3 is 0 Å². The first-order valence-electron chi connectivity index (χ1n) is 4.94. The standard InChI is InChI=1S/C9H12N2O3S2/c1-7-10-6-9(15-7)16(13,14)11-4-2-8(12)3-5-11/h6H,2-5H2,1H3. The second-order valence-electron chi connectivity index (χ2n) is 3.64. The lowest BCUT2D eigenvalue weighted by atomic mass is 10.1. The van der Waals surface area contributed by atoms with Crippen LogP contribution >= 0.6 is 11.3 Å². The predicted molar refractivity (Wildman–Crippen MR) is 59.9 cm³/mol. The number of nitrogens with zero attached hydrogens (tertiary/aromatic N) is 2. The van der Waals surface area contributed by atoms with Crippen LogP contribution in [0.3, 0.4) is 0 Å². The molecule has 0 saturated carbocycles. The van der Waals surface area contributed by atoms with Gasteiger partial charge in [-0.3, -0.25) is 4.79 Å². The van der Waals surface area contributed by atoms with E-state index < -0.39 is 10.0 Å². The average Bonchev–Trinajstić information content (AvgIpc) is 2.66. The van der Waals surface area contributed by atoms with Crippen molar-refractivity contribution in [2.24, 2.45) is 0 Å². The molecule has 1 saturated heterocycles. The van der Waals surface area contributed by atoms with Crippen molar-refractivity contribution >= 4 is 27.1 Å². The normalized spacial score (nSPS) is 18.9. The zero-order valence-electron chi connectivity index (χ0n) is 8.84. The molecule has 0 unspecified atom stereocenters. The second kappa shape index (κ2) is 4.23. The molecule has 2 rings (SSSR count). The smallest absolute Gasteiger partial charge is 0.254 e. The molecule has 0 aromatic carbocycles. The monoisotopic (exact) mass is 260 g/mol. The molecule has 5 nitrogen and oxygen atoms in total. The number of aryl methyl sites for hydroxylation is 1. The van der Waals surface area contributed by atoms with Crippen LogP contribution in [0.5, 0.6) is 0 Å². The van der Waals surface area contributed by atoms with Gasteiger partial charge in [-0.2, -0.15) is 4.31 Å². The van der Waals surface area contributed by atoms with E-state index in [2.05, 4.69) is 4.98 Å². The number of rotatable bonds is 2. The third kappa shape index (κ3) is 2.16. The molecule has 16 heavy (non-hydrogen) atoms. The lowest BCUT2D eigenvalue weighted by Gasteiger charge is -2.24. The van der Waals surface area contributed by atoms with Crippen LogP contribution in [0.1, 0.15) is 17.8 Å². The Morgan fingerprint density at radius 2 is 2.00 bits per heavy atom. The maximum absolute atomic E-state index is 12.1. The summed E-state index contributed by atoms with van der Waals surface area (Å²) in [7, 11) is -3.43. The Kier molecular flexibility index (Phi) is 3.09. The molecule has 1 aliphatic rings. The molecule has 7 heteroatoms. The highest BCUT2D eigenvalue weighted by atomic mass is 32.2. The van der Waals surface area contributed by atoms with Crippen molar-refractivity contribution in [2.75, 3.05) is 13.1 Å². The van der Waals surface area contributed by atoms with Crippen molar-refractivity contribution in [1.82, 2.24) is 9.29 Å². The van der Waals surface area contributed by atoms with E-state index in [1.807, 2.05) is 0 Å². The van der Waals surface area contributed by atoms with Crippen molar-refractivity contribution in [2.45, 2.75) is 24.0 Å². The molecule has 0 aliphatic carbocycles. The van der Waals surface area contributed by atoms with Gasteiger partial charge in [0, 0.05) is 25.9 Å². The van der Waals surface area contributed by atoms with Gasteiger partial charge >= 0.3 is 0 Å². The first-order chi connectivity index (χ1) is 7.50. The second-order valence-corrected chi connectivity index (χ2v) is 7.04. The first-order valence-corrected chi connectivity index (χ1v) is 7.20. The Hall–Kier alpha value is -0.790. The number of aromatic nitrogens is 1. The molecular formula is C9H12N2O3S2. The maximum Gasteiger partial charge on any atom is 0.254 e. The van der Waals surface area contributed by atoms with Gasteiger partial charge in [0.25, 0.3) is 10.0 Å². The zero-order chi connectivity index (χ0) is 11.8. The van der Waals surface area contributed by atoms with Crippen LogP contribution in [-0.4, -0.2) is 36.6 Å². The Balaban J connectivity index is 2.23. The Labute approximate surface area is 98.2 Å². The average molecular weight is 260 g/mol. The van der Waals surface area contributed by atoms with Crippen molar-refractivity contribution in [3.8, 4) is 0 Å². The summed E-state index contributed by atoms with van der Waals surface area (Å²) in [6.07, 6.45) is 2.01. The van der Waals surface area contributed by atoms with Crippen LogP contribution < -0.4 is 0 Å². The van der Waals surface area contributed by atoms with Gasteiger partial charge in [-0.15, -0.1) is 11.3 Å². The molecular weight excluding hydrogens is 248 g/mol. The maximum atomic E-state index is 12.1. The highest BCUT2D eigenvalue weighted by Gasteiger charge is 2.29. The highest BCUT2D eigenvalue weighted by molar-refractivity contribution is 7.91. The quantitative estimate of drug-likeness (QED) is 0.789. The van der Waals surface area contributed by atoms with E-state index in [0.717, 1.165) is 16.3 Å². The van der Waals surface area contributed by atoms with Crippen LogP contribution in [0.25, 0.3) is 0 Å². The number of carbonyl (C=O) groups is 1. The van der Waals surface area contributed by atoms with E-state index in [1.54, 1.807) is 6.92 Å². The minimum atomic E-state index is -3.43. The molecule has 1 aromatic rings. The molecule has 0 N–H and O–H groups in total. The summed E-state index contributed by atoms with van der Waals surface area (Å²) in [5.74, 6) is 0.131. The third-order valence-corrected chi connectivity index (χ3v) is 5.72. The summed E-state index contributed by atoms with van der Waals surface area (Å²) in [5.41, 5.74) is 0. The molecule has 0 spiro atoms. The van der Waals surface area contributed by atoms with Crippen LogP contribution in [0, 0.1) is 6.92 Å². The van der Waals surface area contributed by atoms with E-state index in [-0.39, 0.29) is 23.1 Å². The molecule has 1 fully saturated rings. The molecule has 1 aliphatic heterocycles. The topological polar surface area (TPSA) is 67.3 Å². The van der Waals surface area contributed by atoms with Crippen molar-refractivity contribution in [3.05, 3.63) is 11.2 Å². The van der Waals surface area contributed by atoms with Gasteiger partial charge in [0.1, 0.15) is 5.78 Å². The van der Waals surface area contributed by atoms with E-state index in [4.69, 9.17) is 0 Å². The molecule has 0 atom stereocenters. The molecule has 0 bridgehead atoms. The Morgan fingerprint density at radius 1 is 1.38 bits per heavy atom. The van der Waals surface area contributed by atoms with Gasteiger partial charge in [0.15, 0.2) is 4.21 Å². The number of carbonyl (C=O) groups excluding carboxylic acids is 1. The number of Topliss-reactive ketones (excluding diaryl/α,β-unsaturated/α-hetero) is 1.